The van der Waals surface area contributed by atoms with Gasteiger partial charge < -0.3 is 14.8 Å². The van der Waals surface area contributed by atoms with Crippen molar-refractivity contribution in [1.29, 1.82) is 0 Å². The summed E-state index contributed by atoms with van der Waals surface area (Å²) in [6.45, 7) is 5.44. The lowest BCUT2D eigenvalue weighted by Crippen LogP contribution is -2.12. The van der Waals surface area contributed by atoms with Crippen LogP contribution in [0.4, 0.5) is 0 Å². The Morgan fingerprint density at radius 1 is 1.47 bits per heavy atom. The standard InChI is InChI=1S/C15H22ClNO2/c1-2-17-11-12-5-6-15(14(16)10-12)19-9-7-13-4-3-8-18-13/h5-6,10,13,17H,2-4,7-9,11H2,1H3. The van der Waals surface area contributed by atoms with Crippen LogP contribution in [0.25, 0.3) is 0 Å². The number of halogens is 1. The molecule has 1 unspecified atom stereocenters. The molecule has 0 bridgehead atoms. The molecule has 0 amide bonds. The van der Waals surface area contributed by atoms with Gasteiger partial charge in [0, 0.05) is 19.6 Å². The monoisotopic (exact) mass is 283 g/mol. The van der Waals surface area contributed by atoms with E-state index in [1.54, 1.807) is 0 Å². The summed E-state index contributed by atoms with van der Waals surface area (Å²) in [5.74, 6) is 0.764. The van der Waals surface area contributed by atoms with Crippen molar-refractivity contribution in [3.8, 4) is 5.75 Å². The minimum Gasteiger partial charge on any atom is -0.492 e. The molecule has 0 radical (unpaired) electrons. The highest BCUT2D eigenvalue weighted by Gasteiger charge is 2.15. The second kappa shape index (κ2) is 7.73. The zero-order valence-corrected chi connectivity index (χ0v) is 12.2. The van der Waals surface area contributed by atoms with Crippen LogP contribution in [-0.2, 0) is 11.3 Å². The van der Waals surface area contributed by atoms with Crippen molar-refractivity contribution in [2.45, 2.75) is 38.8 Å². The van der Waals surface area contributed by atoms with Crippen molar-refractivity contribution in [2.24, 2.45) is 0 Å². The Labute approximate surface area is 120 Å². The Hall–Kier alpha value is -0.770. The summed E-state index contributed by atoms with van der Waals surface area (Å²) < 4.78 is 11.3. The lowest BCUT2D eigenvalue weighted by atomic mass is 10.2. The predicted molar refractivity (Wildman–Crippen MR) is 77.9 cm³/mol. The van der Waals surface area contributed by atoms with Crippen LogP contribution < -0.4 is 10.1 Å². The van der Waals surface area contributed by atoms with Crippen LogP contribution in [0.2, 0.25) is 5.02 Å². The normalized spacial score (nSPS) is 18.7. The first kappa shape index (κ1) is 14.6. The minimum absolute atomic E-state index is 0.367. The zero-order chi connectivity index (χ0) is 13.5. The van der Waals surface area contributed by atoms with E-state index < -0.39 is 0 Å². The summed E-state index contributed by atoms with van der Waals surface area (Å²) in [7, 11) is 0. The van der Waals surface area contributed by atoms with Gasteiger partial charge in [0.1, 0.15) is 5.75 Å². The maximum absolute atomic E-state index is 6.22. The van der Waals surface area contributed by atoms with Crippen LogP contribution >= 0.6 is 11.6 Å². The Morgan fingerprint density at radius 3 is 3.05 bits per heavy atom. The second-order valence-corrected chi connectivity index (χ2v) is 5.22. The first-order chi connectivity index (χ1) is 9.29. The molecule has 1 aromatic rings. The summed E-state index contributed by atoms with van der Waals surface area (Å²) >= 11 is 6.22. The van der Waals surface area contributed by atoms with Gasteiger partial charge in [0.2, 0.25) is 0 Å². The highest BCUT2D eigenvalue weighted by atomic mass is 35.5. The fraction of sp³-hybridized carbons (Fsp3) is 0.600. The van der Waals surface area contributed by atoms with Crippen molar-refractivity contribution in [3.05, 3.63) is 28.8 Å². The molecule has 0 saturated carbocycles. The van der Waals surface area contributed by atoms with Gasteiger partial charge >= 0.3 is 0 Å². The topological polar surface area (TPSA) is 30.5 Å². The lowest BCUT2D eigenvalue weighted by Gasteiger charge is -2.12. The number of hydrogen-bond donors (Lipinski definition) is 1. The summed E-state index contributed by atoms with van der Waals surface area (Å²) in [6.07, 6.45) is 3.63. The molecule has 1 saturated heterocycles. The minimum atomic E-state index is 0.367. The third-order valence-electron chi connectivity index (χ3n) is 3.30. The molecule has 1 heterocycles. The zero-order valence-electron chi connectivity index (χ0n) is 11.5. The third-order valence-corrected chi connectivity index (χ3v) is 3.59. The number of nitrogens with one attached hydrogen (secondary N) is 1. The van der Waals surface area contributed by atoms with E-state index in [-0.39, 0.29) is 0 Å². The average molecular weight is 284 g/mol. The fourth-order valence-electron chi connectivity index (χ4n) is 2.21. The molecule has 1 aliphatic rings. The van der Waals surface area contributed by atoms with Gasteiger partial charge in [-0.15, -0.1) is 0 Å². The quantitative estimate of drug-likeness (QED) is 0.832. The Morgan fingerprint density at radius 2 is 2.37 bits per heavy atom. The molecule has 1 aromatic carbocycles. The second-order valence-electron chi connectivity index (χ2n) is 4.82. The molecule has 1 atom stereocenters. The SMILES string of the molecule is CCNCc1ccc(OCCC2CCCO2)c(Cl)c1. The lowest BCUT2D eigenvalue weighted by molar-refractivity contribution is 0.0904. The smallest absolute Gasteiger partial charge is 0.137 e. The van der Waals surface area contributed by atoms with Crippen LogP contribution in [-0.4, -0.2) is 25.9 Å². The van der Waals surface area contributed by atoms with Crippen molar-refractivity contribution in [2.75, 3.05) is 19.8 Å². The van der Waals surface area contributed by atoms with Gasteiger partial charge in [-0.1, -0.05) is 24.6 Å². The van der Waals surface area contributed by atoms with Gasteiger partial charge in [-0.25, -0.2) is 0 Å². The summed E-state index contributed by atoms with van der Waals surface area (Å²) in [5, 5.41) is 3.96. The maximum atomic E-state index is 6.22. The molecular weight excluding hydrogens is 262 g/mol. The Bertz CT molecular complexity index is 392. The molecule has 4 heteroatoms. The number of hydrogen-bond acceptors (Lipinski definition) is 3. The molecule has 0 aliphatic carbocycles. The van der Waals surface area contributed by atoms with E-state index in [1.165, 1.54) is 12.0 Å². The largest absolute Gasteiger partial charge is 0.492 e. The maximum Gasteiger partial charge on any atom is 0.137 e. The molecule has 1 aliphatic heterocycles. The first-order valence-corrected chi connectivity index (χ1v) is 7.41. The van der Waals surface area contributed by atoms with E-state index in [0.29, 0.717) is 17.7 Å². The van der Waals surface area contributed by atoms with Crippen molar-refractivity contribution in [1.82, 2.24) is 5.32 Å². The van der Waals surface area contributed by atoms with Crippen molar-refractivity contribution in [3.63, 3.8) is 0 Å². The van der Waals surface area contributed by atoms with E-state index in [9.17, 15) is 0 Å². The number of benzene rings is 1. The molecule has 19 heavy (non-hydrogen) atoms. The third kappa shape index (κ3) is 4.68. The Kier molecular flexibility index (Phi) is 5.95. The number of rotatable bonds is 7. The highest BCUT2D eigenvalue weighted by molar-refractivity contribution is 6.32. The van der Waals surface area contributed by atoms with Crippen molar-refractivity contribution >= 4 is 11.6 Å². The summed E-state index contributed by atoms with van der Waals surface area (Å²) in [6, 6.07) is 5.96. The average Bonchev–Trinajstić information content (AvgIpc) is 2.92. The van der Waals surface area contributed by atoms with E-state index in [4.69, 9.17) is 21.1 Å². The van der Waals surface area contributed by atoms with Crippen LogP contribution in [0.15, 0.2) is 18.2 Å². The molecule has 2 rings (SSSR count). The molecule has 3 nitrogen and oxygen atoms in total. The van der Waals surface area contributed by atoms with Crippen LogP contribution in [0.1, 0.15) is 31.7 Å². The van der Waals surface area contributed by atoms with Crippen LogP contribution in [0.3, 0.4) is 0 Å². The van der Waals surface area contributed by atoms with Crippen LogP contribution in [0.5, 0.6) is 5.75 Å². The fourth-order valence-corrected chi connectivity index (χ4v) is 2.47. The number of ether oxygens (including phenoxy) is 2. The van der Waals surface area contributed by atoms with Crippen molar-refractivity contribution < 1.29 is 9.47 Å². The van der Waals surface area contributed by atoms with Gasteiger partial charge in [0.05, 0.1) is 17.7 Å². The highest BCUT2D eigenvalue weighted by Crippen LogP contribution is 2.26. The van der Waals surface area contributed by atoms with Gasteiger partial charge in [-0.2, -0.15) is 0 Å². The van der Waals surface area contributed by atoms with Gasteiger partial charge in [0.15, 0.2) is 0 Å². The molecule has 1 fully saturated rings. The molecule has 1 N–H and O–H groups in total. The van der Waals surface area contributed by atoms with E-state index in [1.807, 2.05) is 12.1 Å². The van der Waals surface area contributed by atoms with E-state index in [0.717, 1.165) is 38.3 Å². The van der Waals surface area contributed by atoms with E-state index >= 15 is 0 Å². The van der Waals surface area contributed by atoms with Gasteiger partial charge in [-0.05, 0) is 37.1 Å². The van der Waals surface area contributed by atoms with Gasteiger partial charge in [0.25, 0.3) is 0 Å². The van der Waals surface area contributed by atoms with Crippen LogP contribution in [0, 0.1) is 0 Å². The Balaban J connectivity index is 1.79. The molecule has 0 aromatic heterocycles. The first-order valence-electron chi connectivity index (χ1n) is 7.03. The van der Waals surface area contributed by atoms with Gasteiger partial charge in [-0.3, -0.25) is 0 Å². The van der Waals surface area contributed by atoms with E-state index in [2.05, 4.69) is 18.3 Å². The summed E-state index contributed by atoms with van der Waals surface area (Å²) in [4.78, 5) is 0. The summed E-state index contributed by atoms with van der Waals surface area (Å²) in [5.41, 5.74) is 1.18. The molecule has 0 spiro atoms. The predicted octanol–water partition coefficient (Wildman–Crippen LogP) is 3.40. The molecular formula is C15H22ClNO2. The molecule has 106 valence electrons.